The molecule has 1 aliphatic heterocycles. The Labute approximate surface area is 123 Å². The summed E-state index contributed by atoms with van der Waals surface area (Å²) in [5, 5.41) is 0.757. The first-order chi connectivity index (χ1) is 9.46. The van der Waals surface area contributed by atoms with E-state index >= 15 is 0 Å². The SMILES string of the molecule is O=C(c1c[nH]c2cc(Br)ccc12)N1CCCC(F)(F)C1. The maximum atomic E-state index is 13.4. The van der Waals surface area contributed by atoms with Crippen LogP contribution in [0.5, 0.6) is 0 Å². The van der Waals surface area contributed by atoms with Crippen LogP contribution >= 0.6 is 15.9 Å². The van der Waals surface area contributed by atoms with Gasteiger partial charge in [0.2, 0.25) is 0 Å². The third-order valence-electron chi connectivity index (χ3n) is 3.55. The number of aromatic amines is 1. The Morgan fingerprint density at radius 1 is 1.40 bits per heavy atom. The fourth-order valence-corrected chi connectivity index (χ4v) is 2.95. The number of carbonyl (C=O) groups excluding carboxylic acids is 1. The minimum absolute atomic E-state index is 0.141. The van der Waals surface area contributed by atoms with Gasteiger partial charge in [0.1, 0.15) is 0 Å². The van der Waals surface area contributed by atoms with Crippen molar-refractivity contribution in [1.29, 1.82) is 0 Å². The van der Waals surface area contributed by atoms with Crippen molar-refractivity contribution in [1.82, 2.24) is 9.88 Å². The number of fused-ring (bicyclic) bond motifs is 1. The number of carbonyl (C=O) groups is 1. The average molecular weight is 343 g/mol. The van der Waals surface area contributed by atoms with Gasteiger partial charge in [0, 0.05) is 34.5 Å². The maximum absolute atomic E-state index is 13.4. The predicted octanol–water partition coefficient (Wildman–Crippen LogP) is 3.80. The molecule has 1 amide bonds. The Bertz CT molecular complexity index is 668. The van der Waals surface area contributed by atoms with Crippen LogP contribution in [0, 0.1) is 0 Å². The van der Waals surface area contributed by atoms with E-state index in [9.17, 15) is 13.6 Å². The van der Waals surface area contributed by atoms with Crippen molar-refractivity contribution in [2.45, 2.75) is 18.8 Å². The van der Waals surface area contributed by atoms with Crippen molar-refractivity contribution in [2.75, 3.05) is 13.1 Å². The number of nitrogens with zero attached hydrogens (tertiary/aromatic N) is 1. The molecule has 20 heavy (non-hydrogen) atoms. The molecule has 0 atom stereocenters. The highest BCUT2D eigenvalue weighted by molar-refractivity contribution is 9.10. The van der Waals surface area contributed by atoms with Gasteiger partial charge in [-0.25, -0.2) is 8.78 Å². The van der Waals surface area contributed by atoms with Gasteiger partial charge in [0.15, 0.2) is 0 Å². The molecule has 0 spiro atoms. The number of amides is 1. The van der Waals surface area contributed by atoms with Crippen LogP contribution in [0.2, 0.25) is 0 Å². The molecule has 2 heterocycles. The average Bonchev–Trinajstić information content (AvgIpc) is 2.79. The Morgan fingerprint density at radius 3 is 2.95 bits per heavy atom. The predicted molar refractivity (Wildman–Crippen MR) is 76.1 cm³/mol. The van der Waals surface area contributed by atoms with E-state index < -0.39 is 12.5 Å². The van der Waals surface area contributed by atoms with E-state index in [0.29, 0.717) is 18.5 Å². The third-order valence-corrected chi connectivity index (χ3v) is 4.05. The van der Waals surface area contributed by atoms with Crippen molar-refractivity contribution >= 4 is 32.7 Å². The van der Waals surface area contributed by atoms with E-state index in [0.717, 1.165) is 15.4 Å². The van der Waals surface area contributed by atoms with Crippen LogP contribution in [0.1, 0.15) is 23.2 Å². The van der Waals surface area contributed by atoms with Crippen LogP contribution in [0.15, 0.2) is 28.9 Å². The number of nitrogens with one attached hydrogen (secondary N) is 1. The number of aromatic nitrogens is 1. The number of rotatable bonds is 1. The molecule has 3 rings (SSSR count). The van der Waals surface area contributed by atoms with Crippen LogP contribution in [-0.4, -0.2) is 34.8 Å². The number of halogens is 3. The van der Waals surface area contributed by atoms with E-state index in [4.69, 9.17) is 0 Å². The lowest BCUT2D eigenvalue weighted by atomic mass is 10.1. The van der Waals surface area contributed by atoms with Crippen molar-refractivity contribution < 1.29 is 13.6 Å². The molecule has 1 N–H and O–H groups in total. The molecule has 3 nitrogen and oxygen atoms in total. The number of alkyl halides is 2. The van der Waals surface area contributed by atoms with Crippen LogP contribution < -0.4 is 0 Å². The molecular formula is C14H13BrF2N2O. The molecule has 0 bridgehead atoms. The summed E-state index contributed by atoms with van der Waals surface area (Å²) in [5.41, 5.74) is 1.26. The molecule has 1 aromatic heterocycles. The number of benzene rings is 1. The molecule has 1 aromatic carbocycles. The van der Waals surface area contributed by atoms with Gasteiger partial charge in [-0.15, -0.1) is 0 Å². The minimum atomic E-state index is -2.77. The standard InChI is InChI=1S/C14H13BrF2N2O/c15-9-2-3-10-11(7-18-12(10)6-9)13(20)19-5-1-4-14(16,17)8-19/h2-3,6-7,18H,1,4-5,8H2. The fourth-order valence-electron chi connectivity index (χ4n) is 2.58. The smallest absolute Gasteiger partial charge is 0.265 e. The van der Waals surface area contributed by atoms with Gasteiger partial charge in [-0.3, -0.25) is 4.79 Å². The summed E-state index contributed by atoms with van der Waals surface area (Å²) < 4.78 is 27.7. The van der Waals surface area contributed by atoms with Crippen LogP contribution in [0.3, 0.4) is 0 Å². The molecule has 106 valence electrons. The molecule has 1 fully saturated rings. The lowest BCUT2D eigenvalue weighted by Gasteiger charge is -2.32. The molecule has 1 saturated heterocycles. The second-order valence-corrected chi connectivity index (χ2v) is 5.99. The van der Waals surface area contributed by atoms with E-state index in [1.54, 1.807) is 6.20 Å². The zero-order valence-electron chi connectivity index (χ0n) is 10.6. The van der Waals surface area contributed by atoms with Gasteiger partial charge in [-0.2, -0.15) is 0 Å². The molecule has 0 radical (unpaired) electrons. The lowest BCUT2D eigenvalue weighted by molar-refractivity contribution is -0.0560. The van der Waals surface area contributed by atoms with E-state index in [2.05, 4.69) is 20.9 Å². The van der Waals surface area contributed by atoms with Crippen LogP contribution in [0.4, 0.5) is 8.78 Å². The topological polar surface area (TPSA) is 36.1 Å². The summed E-state index contributed by atoms with van der Waals surface area (Å²) in [6.45, 7) is -0.105. The van der Waals surface area contributed by atoms with Gasteiger partial charge in [-0.05, 0) is 18.6 Å². The van der Waals surface area contributed by atoms with Gasteiger partial charge in [0.25, 0.3) is 11.8 Å². The molecular weight excluding hydrogens is 330 g/mol. The first-order valence-corrected chi connectivity index (χ1v) is 7.19. The largest absolute Gasteiger partial charge is 0.360 e. The highest BCUT2D eigenvalue weighted by Gasteiger charge is 2.37. The zero-order valence-corrected chi connectivity index (χ0v) is 12.2. The normalized spacial score (nSPS) is 18.4. The van der Waals surface area contributed by atoms with Gasteiger partial charge in [0.05, 0.1) is 12.1 Å². The number of hydrogen-bond donors (Lipinski definition) is 1. The lowest BCUT2D eigenvalue weighted by Crippen LogP contribution is -2.45. The molecule has 2 aromatic rings. The Balaban J connectivity index is 1.92. The fraction of sp³-hybridized carbons (Fsp3) is 0.357. The molecule has 0 aliphatic carbocycles. The monoisotopic (exact) mass is 342 g/mol. The van der Waals surface area contributed by atoms with Crippen LogP contribution in [-0.2, 0) is 0 Å². The van der Waals surface area contributed by atoms with Gasteiger partial charge >= 0.3 is 0 Å². The summed E-state index contributed by atoms with van der Waals surface area (Å²) in [6, 6.07) is 5.50. The zero-order chi connectivity index (χ0) is 14.3. The van der Waals surface area contributed by atoms with E-state index in [-0.39, 0.29) is 12.3 Å². The Hall–Kier alpha value is -1.43. The van der Waals surface area contributed by atoms with Crippen molar-refractivity contribution in [3.63, 3.8) is 0 Å². The summed E-state index contributed by atoms with van der Waals surface area (Å²) in [7, 11) is 0. The molecule has 1 aliphatic rings. The minimum Gasteiger partial charge on any atom is -0.360 e. The molecule has 0 unspecified atom stereocenters. The first-order valence-electron chi connectivity index (χ1n) is 6.40. The Kier molecular flexibility index (Phi) is 3.28. The second-order valence-electron chi connectivity index (χ2n) is 5.08. The van der Waals surface area contributed by atoms with Crippen molar-refractivity contribution in [2.24, 2.45) is 0 Å². The third kappa shape index (κ3) is 2.44. The maximum Gasteiger partial charge on any atom is 0.265 e. The quantitative estimate of drug-likeness (QED) is 0.840. The van der Waals surface area contributed by atoms with Crippen molar-refractivity contribution in [3.05, 3.63) is 34.4 Å². The van der Waals surface area contributed by atoms with Gasteiger partial charge in [-0.1, -0.05) is 22.0 Å². The summed E-state index contributed by atoms with van der Waals surface area (Å²) in [5.74, 6) is -3.11. The first kappa shape index (κ1) is 13.5. The highest BCUT2D eigenvalue weighted by Crippen LogP contribution is 2.29. The number of piperidine rings is 1. The van der Waals surface area contributed by atoms with E-state index in [1.165, 1.54) is 4.90 Å². The number of likely N-dealkylation sites (tertiary alicyclic amines) is 1. The highest BCUT2D eigenvalue weighted by atomic mass is 79.9. The van der Waals surface area contributed by atoms with Crippen LogP contribution in [0.25, 0.3) is 10.9 Å². The Morgan fingerprint density at radius 2 is 2.20 bits per heavy atom. The number of hydrogen-bond acceptors (Lipinski definition) is 1. The van der Waals surface area contributed by atoms with Crippen molar-refractivity contribution in [3.8, 4) is 0 Å². The van der Waals surface area contributed by atoms with Gasteiger partial charge < -0.3 is 9.88 Å². The summed E-state index contributed by atoms with van der Waals surface area (Å²) >= 11 is 3.36. The molecule has 0 saturated carbocycles. The van der Waals surface area contributed by atoms with E-state index in [1.807, 2.05) is 18.2 Å². The number of H-pyrrole nitrogens is 1. The second kappa shape index (κ2) is 4.84. The molecule has 6 heteroatoms. The summed E-state index contributed by atoms with van der Waals surface area (Å²) in [6.07, 6.45) is 1.79. The summed E-state index contributed by atoms with van der Waals surface area (Å²) in [4.78, 5) is 16.7.